The number of primary sulfonamides is 1. The maximum Gasteiger partial charge on any atom is 0.253 e. The quantitative estimate of drug-likeness (QED) is 0.494. The number of likely N-dealkylation sites (N-methyl/N-ethyl adjacent to an activating group) is 1. The highest BCUT2D eigenvalue weighted by Crippen LogP contribution is 2.41. The maximum atomic E-state index is 12.8. The number of nitrogens with zero attached hydrogens (tertiary/aromatic N) is 2. The van der Waals surface area contributed by atoms with Gasteiger partial charge >= 0.3 is 0 Å². The zero-order valence-electron chi connectivity index (χ0n) is 13.4. The van der Waals surface area contributed by atoms with Crippen molar-refractivity contribution in [3.63, 3.8) is 0 Å². The Bertz CT molecular complexity index is 789. The molecule has 24 heavy (non-hydrogen) atoms. The molecule has 0 unspecified atom stereocenters. The molecule has 0 aliphatic carbocycles. The minimum absolute atomic E-state index is 0.0319. The molecule has 0 saturated heterocycles. The second-order valence-corrected chi connectivity index (χ2v) is 10.3. The summed E-state index contributed by atoms with van der Waals surface area (Å²) in [6, 6.07) is 0.589. The highest BCUT2D eigenvalue weighted by molar-refractivity contribution is 7.94. The zero-order valence-corrected chi connectivity index (χ0v) is 15.8. The molecule has 0 radical (unpaired) electrons. The van der Waals surface area contributed by atoms with Crippen LogP contribution in [0.2, 0.25) is 0 Å². The van der Waals surface area contributed by atoms with E-state index >= 15 is 0 Å². The summed E-state index contributed by atoms with van der Waals surface area (Å²) in [5, 5.41) is 16.2. The summed E-state index contributed by atoms with van der Waals surface area (Å²) in [5.41, 5.74) is 0.261. The Labute approximate surface area is 145 Å². The Balaban J connectivity index is 2.50. The van der Waals surface area contributed by atoms with Gasteiger partial charge in [-0.15, -0.1) is 11.3 Å². The number of nitrogens with two attached hydrogens (primary N) is 1. The Morgan fingerprint density at radius 1 is 1.54 bits per heavy atom. The van der Waals surface area contributed by atoms with Crippen molar-refractivity contribution in [3.8, 4) is 0 Å². The standard InChI is InChI=1S/C12H21N3O6S3/c1-3-15(16)10-8-14(5-4-6-21-2)24(19,20)12-9(10)7-11(22-12)23(13,17)18/h7,10,16H,3-6,8H2,1-2H3,(H2,13,17,18)/t10-/m0/s1. The van der Waals surface area contributed by atoms with E-state index in [-0.39, 0.29) is 33.6 Å². The van der Waals surface area contributed by atoms with Crippen LogP contribution >= 0.6 is 11.3 Å². The molecule has 1 aromatic heterocycles. The monoisotopic (exact) mass is 399 g/mol. The number of hydrogen-bond donors (Lipinski definition) is 2. The second kappa shape index (κ2) is 7.33. The van der Waals surface area contributed by atoms with E-state index in [1.807, 2.05) is 0 Å². The van der Waals surface area contributed by atoms with Crippen molar-refractivity contribution in [2.45, 2.75) is 27.8 Å². The molecule has 3 N–H and O–H groups in total. The first-order valence-corrected chi connectivity index (χ1v) is 11.0. The van der Waals surface area contributed by atoms with E-state index in [0.717, 1.165) is 5.06 Å². The van der Waals surface area contributed by atoms with Crippen molar-refractivity contribution in [2.24, 2.45) is 5.14 Å². The highest BCUT2D eigenvalue weighted by atomic mass is 32.3. The number of methoxy groups -OCH3 is 1. The molecule has 0 spiro atoms. The van der Waals surface area contributed by atoms with Gasteiger partial charge < -0.3 is 9.94 Å². The molecule has 9 nitrogen and oxygen atoms in total. The van der Waals surface area contributed by atoms with Crippen LogP contribution in [0.15, 0.2) is 14.5 Å². The zero-order chi connectivity index (χ0) is 18.1. The average Bonchev–Trinajstić information content (AvgIpc) is 2.95. The molecule has 1 aliphatic rings. The first-order valence-electron chi connectivity index (χ1n) is 7.24. The fourth-order valence-corrected chi connectivity index (χ4v) is 6.80. The molecule has 1 atom stereocenters. The van der Waals surface area contributed by atoms with E-state index in [2.05, 4.69) is 0 Å². The number of hydrogen-bond acceptors (Lipinski definition) is 8. The summed E-state index contributed by atoms with van der Waals surface area (Å²) in [5.74, 6) is 0. The maximum absolute atomic E-state index is 12.8. The first-order chi connectivity index (χ1) is 11.1. The molecule has 2 rings (SSSR count). The molecule has 2 heterocycles. The van der Waals surface area contributed by atoms with Gasteiger partial charge in [-0.25, -0.2) is 22.0 Å². The Hall–Kier alpha value is -0.600. The van der Waals surface area contributed by atoms with Gasteiger partial charge in [0.2, 0.25) is 10.0 Å². The van der Waals surface area contributed by atoms with Crippen LogP contribution in [0.25, 0.3) is 0 Å². The van der Waals surface area contributed by atoms with E-state index in [4.69, 9.17) is 9.88 Å². The summed E-state index contributed by atoms with van der Waals surface area (Å²) in [7, 11) is -6.34. The average molecular weight is 400 g/mol. The summed E-state index contributed by atoms with van der Waals surface area (Å²) in [6.07, 6.45) is 0.489. The van der Waals surface area contributed by atoms with Crippen LogP contribution in [-0.4, -0.2) is 64.8 Å². The normalized spacial score (nSPS) is 21.1. The van der Waals surface area contributed by atoms with Gasteiger partial charge in [0.15, 0.2) is 0 Å². The Morgan fingerprint density at radius 2 is 2.21 bits per heavy atom. The van der Waals surface area contributed by atoms with Crippen LogP contribution in [0.1, 0.15) is 24.9 Å². The van der Waals surface area contributed by atoms with Gasteiger partial charge in [-0.3, -0.25) is 0 Å². The number of fused-ring (bicyclic) bond motifs is 1. The predicted molar refractivity (Wildman–Crippen MR) is 87.9 cm³/mol. The van der Waals surface area contributed by atoms with Crippen molar-refractivity contribution in [1.29, 1.82) is 0 Å². The Kier molecular flexibility index (Phi) is 6.03. The van der Waals surface area contributed by atoms with E-state index in [1.165, 1.54) is 17.5 Å². The second-order valence-electron chi connectivity index (χ2n) is 5.33. The van der Waals surface area contributed by atoms with Gasteiger partial charge in [-0.05, 0) is 12.5 Å². The minimum Gasteiger partial charge on any atom is -0.385 e. The summed E-state index contributed by atoms with van der Waals surface area (Å²) in [4.78, 5) is 0. The van der Waals surface area contributed by atoms with Crippen LogP contribution in [0.5, 0.6) is 0 Å². The largest absolute Gasteiger partial charge is 0.385 e. The van der Waals surface area contributed by atoms with Crippen LogP contribution in [0.4, 0.5) is 0 Å². The molecule has 0 bridgehead atoms. The Morgan fingerprint density at radius 3 is 2.75 bits per heavy atom. The SMILES string of the molecule is CCN(O)[C@H]1CN(CCCOC)S(=O)(=O)c2sc(S(N)(=O)=O)cc21. The van der Waals surface area contributed by atoms with Crippen molar-refractivity contribution < 1.29 is 26.8 Å². The minimum atomic E-state index is -4.03. The fraction of sp³-hybridized carbons (Fsp3) is 0.667. The topological polar surface area (TPSA) is 130 Å². The predicted octanol–water partition coefficient (Wildman–Crippen LogP) is 0.189. The number of sulfonamides is 2. The van der Waals surface area contributed by atoms with Gasteiger partial charge in [0.1, 0.15) is 8.42 Å². The van der Waals surface area contributed by atoms with Crippen molar-refractivity contribution in [1.82, 2.24) is 9.37 Å². The first kappa shape index (κ1) is 19.7. The van der Waals surface area contributed by atoms with Crippen LogP contribution < -0.4 is 5.14 Å². The van der Waals surface area contributed by atoms with Gasteiger partial charge in [0.25, 0.3) is 10.0 Å². The van der Waals surface area contributed by atoms with Crippen molar-refractivity contribution in [3.05, 3.63) is 11.6 Å². The summed E-state index contributed by atoms with van der Waals surface area (Å²) < 4.78 is 54.5. The van der Waals surface area contributed by atoms with E-state index in [9.17, 15) is 22.0 Å². The molecule has 12 heteroatoms. The number of hydroxylamine groups is 2. The van der Waals surface area contributed by atoms with E-state index in [1.54, 1.807) is 6.92 Å². The molecule has 0 aromatic carbocycles. The lowest BCUT2D eigenvalue weighted by Gasteiger charge is -2.35. The lowest BCUT2D eigenvalue weighted by molar-refractivity contribution is -0.129. The third kappa shape index (κ3) is 3.80. The lowest BCUT2D eigenvalue weighted by atomic mass is 10.1. The highest BCUT2D eigenvalue weighted by Gasteiger charge is 2.41. The van der Waals surface area contributed by atoms with Crippen molar-refractivity contribution >= 4 is 31.4 Å². The number of ether oxygens (including phenoxy) is 1. The van der Waals surface area contributed by atoms with Crippen molar-refractivity contribution in [2.75, 3.05) is 33.4 Å². The molecular weight excluding hydrogens is 378 g/mol. The molecule has 0 amide bonds. The smallest absolute Gasteiger partial charge is 0.253 e. The number of rotatable bonds is 7. The molecular formula is C12H21N3O6S3. The van der Waals surface area contributed by atoms with Crippen LogP contribution in [0.3, 0.4) is 0 Å². The third-order valence-electron chi connectivity index (χ3n) is 3.73. The van der Waals surface area contributed by atoms with Gasteiger partial charge in [0.05, 0.1) is 6.04 Å². The molecule has 1 aliphatic heterocycles. The number of thiophene rings is 1. The van der Waals surface area contributed by atoms with Gasteiger partial charge in [-0.2, -0.15) is 9.37 Å². The molecule has 1 aromatic rings. The lowest BCUT2D eigenvalue weighted by Crippen LogP contribution is -2.44. The molecule has 138 valence electrons. The van der Waals surface area contributed by atoms with Gasteiger partial charge in [-0.1, -0.05) is 6.92 Å². The van der Waals surface area contributed by atoms with Crippen LogP contribution in [0, 0.1) is 0 Å². The molecule has 0 fully saturated rings. The third-order valence-corrected chi connectivity index (χ3v) is 8.70. The van der Waals surface area contributed by atoms with Gasteiger partial charge in [0, 0.05) is 38.9 Å². The van der Waals surface area contributed by atoms with Crippen LogP contribution in [-0.2, 0) is 24.8 Å². The van der Waals surface area contributed by atoms with E-state index < -0.39 is 26.1 Å². The van der Waals surface area contributed by atoms with E-state index in [0.29, 0.717) is 24.4 Å². The molecule has 0 saturated carbocycles. The fourth-order valence-electron chi connectivity index (χ4n) is 2.52. The summed E-state index contributed by atoms with van der Waals surface area (Å²) in [6.45, 7) is 2.62. The summed E-state index contributed by atoms with van der Waals surface area (Å²) >= 11 is 0.612.